The van der Waals surface area contributed by atoms with E-state index in [1.807, 2.05) is 121 Å². The van der Waals surface area contributed by atoms with Gasteiger partial charge in [0.15, 0.2) is 5.56 Å². The molecule has 1 aliphatic rings. The first-order valence-electron chi connectivity index (χ1n) is 14.3. The van der Waals surface area contributed by atoms with Crippen LogP contribution in [-0.4, -0.2) is 42.6 Å². The number of rotatable bonds is 13. The van der Waals surface area contributed by atoms with Gasteiger partial charge in [0.1, 0.15) is 24.9 Å². The van der Waals surface area contributed by atoms with Crippen molar-refractivity contribution in [2.75, 3.05) is 6.61 Å². The average Bonchev–Trinajstić information content (AvgIpc) is 3.05. The van der Waals surface area contributed by atoms with Gasteiger partial charge in [-0.2, -0.15) is 0 Å². The van der Waals surface area contributed by atoms with E-state index in [1.165, 1.54) is 0 Å². The Hall–Kier alpha value is -3.72. The van der Waals surface area contributed by atoms with E-state index in [0.717, 1.165) is 22.3 Å². The number of benzene rings is 4. The summed E-state index contributed by atoms with van der Waals surface area (Å²) in [6.45, 7) is 1.27. The van der Waals surface area contributed by atoms with E-state index < -0.39 is 36.0 Å². The second-order valence-corrected chi connectivity index (χ2v) is 10.7. The number of hydrogen-bond acceptors (Lipinski definition) is 6. The van der Waals surface area contributed by atoms with E-state index in [0.29, 0.717) is 13.2 Å². The van der Waals surface area contributed by atoms with Gasteiger partial charge in [-0.05, 0) is 22.3 Å². The first-order valence-corrected chi connectivity index (χ1v) is 14.8. The van der Waals surface area contributed by atoms with Crippen molar-refractivity contribution < 1.29 is 28.5 Å². The molecule has 1 aliphatic heterocycles. The normalized spacial score (nSPS) is 21.7. The first-order chi connectivity index (χ1) is 21.2. The van der Waals surface area contributed by atoms with Crippen LogP contribution in [-0.2, 0) is 50.1 Å². The van der Waals surface area contributed by atoms with Gasteiger partial charge >= 0.3 is 6.09 Å². The molecule has 1 fully saturated rings. The van der Waals surface area contributed by atoms with Crippen LogP contribution in [0.4, 0.5) is 4.79 Å². The Bertz CT molecular complexity index is 1360. The van der Waals surface area contributed by atoms with Crippen LogP contribution in [0.15, 0.2) is 121 Å². The van der Waals surface area contributed by atoms with Gasteiger partial charge in [-0.3, -0.25) is 0 Å². The van der Waals surface area contributed by atoms with Crippen LogP contribution in [0.25, 0.3) is 0 Å². The number of ether oxygens (including phenoxy) is 5. The van der Waals surface area contributed by atoms with E-state index >= 15 is 0 Å². The van der Waals surface area contributed by atoms with Crippen LogP contribution in [0.2, 0.25) is 0 Å². The van der Waals surface area contributed by atoms with Crippen molar-refractivity contribution >= 4 is 17.7 Å². The van der Waals surface area contributed by atoms with Crippen LogP contribution in [0.1, 0.15) is 22.3 Å². The lowest BCUT2D eigenvalue weighted by Gasteiger charge is -2.44. The van der Waals surface area contributed by atoms with Gasteiger partial charge in [0, 0.05) is 0 Å². The molecule has 43 heavy (non-hydrogen) atoms. The van der Waals surface area contributed by atoms with Crippen molar-refractivity contribution in [3.05, 3.63) is 144 Å². The highest BCUT2D eigenvalue weighted by Gasteiger charge is 2.48. The largest absolute Gasteiger partial charge is 0.445 e. The lowest BCUT2D eigenvalue weighted by molar-refractivity contribution is -0.207. The summed E-state index contributed by atoms with van der Waals surface area (Å²) >= 11 is 6.82. The van der Waals surface area contributed by atoms with Gasteiger partial charge in [0.2, 0.25) is 0 Å². The summed E-state index contributed by atoms with van der Waals surface area (Å²) in [7, 11) is 0. The monoisotopic (exact) mass is 601 g/mol. The molecule has 4 aromatic carbocycles. The van der Waals surface area contributed by atoms with Crippen LogP contribution in [0.5, 0.6) is 0 Å². The van der Waals surface area contributed by atoms with Gasteiger partial charge in [-0.1, -0.05) is 133 Å². The van der Waals surface area contributed by atoms with Crippen molar-refractivity contribution in [1.29, 1.82) is 0 Å². The molecule has 7 nitrogen and oxygen atoms in total. The maximum Gasteiger partial charge on any atom is 0.407 e. The van der Waals surface area contributed by atoms with Crippen molar-refractivity contribution in [3.63, 3.8) is 0 Å². The molecular formula is C35H36ClNO6. The molecule has 1 saturated heterocycles. The zero-order valence-corrected chi connectivity index (χ0v) is 24.6. The summed E-state index contributed by atoms with van der Waals surface area (Å²) < 4.78 is 30.7. The number of amides is 1. The summed E-state index contributed by atoms with van der Waals surface area (Å²) in [5.74, 6) is 0. The minimum Gasteiger partial charge on any atom is -0.445 e. The molecule has 8 heteroatoms. The standard InChI is InChI=1S/C35H36ClNO6/c36-34-33(41-23-28-17-9-3-10-18-28)31(37-35(38)42-24-29-19-11-4-12-20-29)32(40-22-27-15-7-2-8-16-27)30(43-34)25-39-21-26-13-5-1-6-14-26/h1-20,30-34H,21-25H2,(H,37,38)/t30-,31+,32-,33-,34?/m1/s1. The van der Waals surface area contributed by atoms with E-state index in [2.05, 4.69) is 5.32 Å². The van der Waals surface area contributed by atoms with Gasteiger partial charge in [-0.25, -0.2) is 4.79 Å². The molecule has 5 rings (SSSR count). The van der Waals surface area contributed by atoms with E-state index in [-0.39, 0.29) is 19.8 Å². The Morgan fingerprint density at radius 1 is 0.628 bits per heavy atom. The smallest absolute Gasteiger partial charge is 0.407 e. The second-order valence-electron chi connectivity index (χ2n) is 10.3. The van der Waals surface area contributed by atoms with Gasteiger partial charge in [0.05, 0.1) is 32.5 Å². The molecule has 1 unspecified atom stereocenters. The molecule has 0 bridgehead atoms. The van der Waals surface area contributed by atoms with E-state index in [1.54, 1.807) is 0 Å². The molecular weight excluding hydrogens is 566 g/mol. The lowest BCUT2D eigenvalue weighted by Crippen LogP contribution is -2.65. The average molecular weight is 602 g/mol. The molecule has 0 saturated carbocycles. The van der Waals surface area contributed by atoms with E-state index in [9.17, 15) is 4.79 Å². The number of hydrogen-bond donors (Lipinski definition) is 1. The third-order valence-corrected chi connectivity index (χ3v) is 7.45. The summed E-state index contributed by atoms with van der Waals surface area (Å²) in [4.78, 5) is 13.2. The number of alkyl halides is 1. The van der Waals surface area contributed by atoms with Crippen LogP contribution >= 0.6 is 11.6 Å². The molecule has 0 spiro atoms. The fourth-order valence-corrected chi connectivity index (χ4v) is 5.25. The second kappa shape index (κ2) is 16.2. The van der Waals surface area contributed by atoms with Crippen molar-refractivity contribution in [3.8, 4) is 0 Å². The third kappa shape index (κ3) is 9.38. The molecule has 0 radical (unpaired) electrons. The molecule has 1 N–H and O–H groups in total. The Kier molecular flexibility index (Phi) is 11.6. The summed E-state index contributed by atoms with van der Waals surface area (Å²) in [6, 6.07) is 38.3. The SMILES string of the molecule is O=C(N[C@H]1[C@H](OCc2ccccc2)[C@@H](COCc2ccccc2)OC(Cl)[C@@H]1OCc1ccccc1)OCc1ccccc1. The quantitative estimate of drug-likeness (QED) is 0.173. The molecule has 5 atom stereocenters. The number of halogens is 1. The zero-order chi connectivity index (χ0) is 29.7. The number of carbonyl (C=O) groups excluding carboxylic acids is 1. The highest BCUT2D eigenvalue weighted by Crippen LogP contribution is 2.30. The highest BCUT2D eigenvalue weighted by molar-refractivity contribution is 6.20. The molecule has 1 heterocycles. The topological polar surface area (TPSA) is 75.3 Å². The van der Waals surface area contributed by atoms with Crippen LogP contribution < -0.4 is 5.32 Å². The van der Waals surface area contributed by atoms with Crippen LogP contribution in [0, 0.1) is 0 Å². The summed E-state index contributed by atoms with van der Waals surface area (Å²) in [6.07, 6.45) is -2.59. The van der Waals surface area contributed by atoms with E-state index in [4.69, 9.17) is 35.3 Å². The maximum absolute atomic E-state index is 13.2. The van der Waals surface area contributed by atoms with Crippen molar-refractivity contribution in [2.45, 2.75) is 56.3 Å². The van der Waals surface area contributed by atoms with Crippen molar-refractivity contribution in [1.82, 2.24) is 5.32 Å². The lowest BCUT2D eigenvalue weighted by atomic mass is 9.96. The number of alkyl carbamates (subject to hydrolysis) is 1. The summed E-state index contributed by atoms with van der Waals surface area (Å²) in [5.41, 5.74) is 2.97. The predicted molar refractivity (Wildman–Crippen MR) is 164 cm³/mol. The fraction of sp³-hybridized carbons (Fsp3) is 0.286. The minimum atomic E-state index is -0.884. The maximum atomic E-state index is 13.2. The predicted octanol–water partition coefficient (Wildman–Crippen LogP) is 6.63. The Morgan fingerprint density at radius 3 is 1.58 bits per heavy atom. The molecule has 0 aliphatic carbocycles. The molecule has 1 amide bonds. The minimum absolute atomic E-state index is 0.120. The van der Waals surface area contributed by atoms with Gasteiger partial charge in [0.25, 0.3) is 0 Å². The fourth-order valence-electron chi connectivity index (χ4n) is 4.89. The van der Waals surface area contributed by atoms with Gasteiger partial charge in [-0.15, -0.1) is 0 Å². The molecule has 0 aromatic heterocycles. The highest BCUT2D eigenvalue weighted by atomic mass is 35.5. The molecule has 4 aromatic rings. The summed E-state index contributed by atoms with van der Waals surface area (Å²) in [5, 5.41) is 3.00. The number of carbonyl (C=O) groups is 1. The number of nitrogens with one attached hydrogen (secondary N) is 1. The van der Waals surface area contributed by atoms with Crippen LogP contribution in [0.3, 0.4) is 0 Å². The zero-order valence-electron chi connectivity index (χ0n) is 23.8. The van der Waals surface area contributed by atoms with Crippen molar-refractivity contribution in [2.24, 2.45) is 0 Å². The Balaban J connectivity index is 1.35. The third-order valence-electron chi connectivity index (χ3n) is 7.10. The van der Waals surface area contributed by atoms with Gasteiger partial charge < -0.3 is 29.0 Å². The Morgan fingerprint density at radius 2 is 1.07 bits per heavy atom. The first kappa shape index (κ1) is 30.7. The Labute approximate surface area is 257 Å². The molecule has 224 valence electrons.